The number of oxime groups is 1. The normalized spacial score (nSPS) is 11.9. The number of nitrogens with zero attached hydrogens (tertiary/aromatic N) is 1. The van der Waals surface area contributed by atoms with Crippen molar-refractivity contribution in [1.29, 1.82) is 0 Å². The fourth-order valence-electron chi connectivity index (χ4n) is 1.68. The van der Waals surface area contributed by atoms with Gasteiger partial charge in [0.15, 0.2) is 0 Å². The van der Waals surface area contributed by atoms with Gasteiger partial charge in [-0.3, -0.25) is 0 Å². The first-order valence-electron chi connectivity index (χ1n) is 4.76. The van der Waals surface area contributed by atoms with Crippen LogP contribution in [0.1, 0.15) is 5.56 Å². The molecular weight excluding hydrogens is 188 g/mol. The van der Waals surface area contributed by atoms with Gasteiger partial charge in [-0.15, -0.1) is 0 Å². The number of hydrogen-bond donors (Lipinski definition) is 2. The van der Waals surface area contributed by atoms with E-state index in [9.17, 15) is 0 Å². The van der Waals surface area contributed by atoms with Crippen molar-refractivity contribution in [1.82, 2.24) is 0 Å². The Morgan fingerprint density at radius 3 is 2.60 bits per heavy atom. The Labute approximate surface area is 87.8 Å². The number of fused-ring (bicyclic) bond motifs is 1. The van der Waals surface area contributed by atoms with Crippen LogP contribution in [0, 0.1) is 0 Å². The molecule has 0 unspecified atom stereocenters. The zero-order chi connectivity index (χ0) is 10.7. The molecule has 0 spiro atoms. The molecule has 0 aliphatic rings. The fourth-order valence-corrected chi connectivity index (χ4v) is 1.68. The second-order valence-corrected chi connectivity index (χ2v) is 3.28. The van der Waals surface area contributed by atoms with Crippen molar-refractivity contribution in [2.45, 2.75) is 0 Å². The minimum absolute atomic E-state index is 0.227. The van der Waals surface area contributed by atoms with Crippen molar-refractivity contribution in [3.05, 3.63) is 48.0 Å². The number of rotatable bonds is 2. The molecule has 76 valence electrons. The second kappa shape index (κ2) is 4.11. The lowest BCUT2D eigenvalue weighted by Crippen LogP contribution is -2.15. The molecule has 2 aromatic rings. The van der Waals surface area contributed by atoms with Crippen LogP contribution in [0.5, 0.6) is 0 Å². The molecule has 0 atom stereocenters. The van der Waals surface area contributed by atoms with Crippen LogP contribution in [0.4, 0.5) is 0 Å². The van der Waals surface area contributed by atoms with Gasteiger partial charge in [-0.1, -0.05) is 47.6 Å². The van der Waals surface area contributed by atoms with E-state index in [0.717, 1.165) is 16.3 Å². The molecule has 0 bridgehead atoms. The standard InChI is InChI=1S/C12H12N2O/c13-8-12(14-15)11-7-3-5-9-4-1-2-6-10(9)11/h1-7,15H,8,13H2/b14-12-. The van der Waals surface area contributed by atoms with E-state index in [0.29, 0.717) is 5.71 Å². The predicted molar refractivity (Wildman–Crippen MR) is 61.3 cm³/mol. The quantitative estimate of drug-likeness (QED) is 0.442. The summed E-state index contributed by atoms with van der Waals surface area (Å²) in [5.41, 5.74) is 6.91. The lowest BCUT2D eigenvalue weighted by Gasteiger charge is -2.06. The Morgan fingerprint density at radius 2 is 1.87 bits per heavy atom. The average molecular weight is 200 g/mol. The van der Waals surface area contributed by atoms with Crippen LogP contribution in [0.2, 0.25) is 0 Å². The molecule has 3 heteroatoms. The summed E-state index contributed by atoms with van der Waals surface area (Å²) in [7, 11) is 0. The summed E-state index contributed by atoms with van der Waals surface area (Å²) in [6.07, 6.45) is 0. The Hall–Kier alpha value is -1.87. The zero-order valence-electron chi connectivity index (χ0n) is 8.22. The predicted octanol–water partition coefficient (Wildman–Crippen LogP) is 1.98. The molecule has 0 heterocycles. The summed E-state index contributed by atoms with van der Waals surface area (Å²) in [6.45, 7) is 0.227. The van der Waals surface area contributed by atoms with Crippen LogP contribution in [-0.4, -0.2) is 17.5 Å². The number of benzene rings is 2. The molecule has 0 saturated carbocycles. The molecule has 15 heavy (non-hydrogen) atoms. The van der Waals surface area contributed by atoms with Gasteiger partial charge in [0.05, 0.1) is 0 Å². The van der Waals surface area contributed by atoms with E-state index in [1.54, 1.807) is 0 Å². The smallest absolute Gasteiger partial charge is 0.101 e. The summed E-state index contributed by atoms with van der Waals surface area (Å²) >= 11 is 0. The average Bonchev–Trinajstić information content (AvgIpc) is 2.31. The van der Waals surface area contributed by atoms with Crippen molar-refractivity contribution in [3.8, 4) is 0 Å². The van der Waals surface area contributed by atoms with E-state index in [1.165, 1.54) is 0 Å². The maximum Gasteiger partial charge on any atom is 0.101 e. The lowest BCUT2D eigenvalue weighted by molar-refractivity contribution is 0.318. The SMILES string of the molecule is NC/C(=N/O)c1cccc2ccccc12. The Balaban J connectivity index is 2.71. The first-order chi connectivity index (χ1) is 7.36. The summed E-state index contributed by atoms with van der Waals surface area (Å²) in [5.74, 6) is 0. The van der Waals surface area contributed by atoms with Crippen LogP contribution in [0.3, 0.4) is 0 Å². The van der Waals surface area contributed by atoms with Crippen molar-refractivity contribution in [2.75, 3.05) is 6.54 Å². The molecule has 3 nitrogen and oxygen atoms in total. The Kier molecular flexibility index (Phi) is 2.65. The lowest BCUT2D eigenvalue weighted by atomic mass is 10.0. The monoisotopic (exact) mass is 200 g/mol. The van der Waals surface area contributed by atoms with E-state index in [-0.39, 0.29) is 6.54 Å². The summed E-state index contributed by atoms with van der Waals surface area (Å²) in [5, 5.41) is 14.2. The van der Waals surface area contributed by atoms with Gasteiger partial charge in [0, 0.05) is 12.1 Å². The van der Waals surface area contributed by atoms with Crippen molar-refractivity contribution in [2.24, 2.45) is 10.9 Å². The van der Waals surface area contributed by atoms with Gasteiger partial charge in [0.1, 0.15) is 5.71 Å². The molecule has 0 aliphatic heterocycles. The van der Waals surface area contributed by atoms with Crippen molar-refractivity contribution >= 4 is 16.5 Å². The highest BCUT2D eigenvalue weighted by Gasteiger charge is 2.05. The fraction of sp³-hybridized carbons (Fsp3) is 0.0833. The van der Waals surface area contributed by atoms with Crippen molar-refractivity contribution < 1.29 is 5.21 Å². The van der Waals surface area contributed by atoms with Crippen molar-refractivity contribution in [3.63, 3.8) is 0 Å². The van der Waals surface area contributed by atoms with E-state index < -0.39 is 0 Å². The van der Waals surface area contributed by atoms with Gasteiger partial charge in [0.25, 0.3) is 0 Å². The molecule has 0 aliphatic carbocycles. The Morgan fingerprint density at radius 1 is 1.13 bits per heavy atom. The highest BCUT2D eigenvalue weighted by Crippen LogP contribution is 2.18. The molecule has 0 amide bonds. The number of hydrogen-bond acceptors (Lipinski definition) is 3. The summed E-state index contributed by atoms with van der Waals surface area (Å²) in [6, 6.07) is 13.8. The van der Waals surface area contributed by atoms with E-state index >= 15 is 0 Å². The third-order valence-electron chi connectivity index (χ3n) is 2.41. The van der Waals surface area contributed by atoms with Gasteiger partial charge < -0.3 is 10.9 Å². The van der Waals surface area contributed by atoms with Crippen LogP contribution in [0.25, 0.3) is 10.8 Å². The van der Waals surface area contributed by atoms with Gasteiger partial charge in [0.2, 0.25) is 0 Å². The molecule has 0 fully saturated rings. The van der Waals surface area contributed by atoms with Crippen LogP contribution < -0.4 is 5.73 Å². The highest BCUT2D eigenvalue weighted by molar-refractivity contribution is 6.11. The molecule has 2 aromatic carbocycles. The van der Waals surface area contributed by atoms with Gasteiger partial charge in [-0.05, 0) is 10.8 Å². The molecule has 0 radical (unpaired) electrons. The largest absolute Gasteiger partial charge is 0.411 e. The molecule has 2 rings (SSSR count). The van der Waals surface area contributed by atoms with E-state index in [2.05, 4.69) is 5.16 Å². The van der Waals surface area contributed by atoms with Crippen LogP contribution in [-0.2, 0) is 0 Å². The topological polar surface area (TPSA) is 58.6 Å². The molecule has 0 aromatic heterocycles. The third-order valence-corrected chi connectivity index (χ3v) is 2.41. The third kappa shape index (κ3) is 1.69. The van der Waals surface area contributed by atoms with Crippen LogP contribution >= 0.6 is 0 Å². The molecule has 3 N–H and O–H groups in total. The van der Waals surface area contributed by atoms with Gasteiger partial charge >= 0.3 is 0 Å². The summed E-state index contributed by atoms with van der Waals surface area (Å²) in [4.78, 5) is 0. The molecule has 0 saturated heterocycles. The molecular formula is C12H12N2O. The van der Waals surface area contributed by atoms with Gasteiger partial charge in [-0.25, -0.2) is 0 Å². The zero-order valence-corrected chi connectivity index (χ0v) is 8.22. The van der Waals surface area contributed by atoms with E-state index in [4.69, 9.17) is 10.9 Å². The highest BCUT2D eigenvalue weighted by atomic mass is 16.4. The van der Waals surface area contributed by atoms with E-state index in [1.807, 2.05) is 42.5 Å². The second-order valence-electron chi connectivity index (χ2n) is 3.28. The summed E-state index contributed by atoms with van der Waals surface area (Å²) < 4.78 is 0. The minimum Gasteiger partial charge on any atom is -0.411 e. The first kappa shape index (κ1) is 9.68. The minimum atomic E-state index is 0.227. The maximum atomic E-state index is 8.85. The number of nitrogens with two attached hydrogens (primary N) is 1. The Bertz CT molecular complexity index is 500. The first-order valence-corrected chi connectivity index (χ1v) is 4.76. The van der Waals surface area contributed by atoms with Gasteiger partial charge in [-0.2, -0.15) is 0 Å². The van der Waals surface area contributed by atoms with Crippen LogP contribution in [0.15, 0.2) is 47.6 Å². The maximum absolute atomic E-state index is 8.85.